The fourth-order valence-electron chi connectivity index (χ4n) is 5.55. The van der Waals surface area contributed by atoms with Crippen LogP contribution in [0.15, 0.2) is 36.4 Å². The van der Waals surface area contributed by atoms with Crippen LogP contribution in [0, 0.1) is 23.7 Å². The third-order valence-corrected chi connectivity index (χ3v) is 7.20. The Labute approximate surface area is 168 Å². The van der Waals surface area contributed by atoms with Gasteiger partial charge in [0, 0.05) is 31.1 Å². The van der Waals surface area contributed by atoms with Gasteiger partial charge in [-0.15, -0.1) is 0 Å². The van der Waals surface area contributed by atoms with Crippen molar-refractivity contribution in [2.24, 2.45) is 23.7 Å². The van der Waals surface area contributed by atoms with E-state index >= 15 is 0 Å². The number of amides is 2. The number of fused-ring (bicyclic) bond motifs is 2. The average molecular weight is 381 g/mol. The van der Waals surface area contributed by atoms with Gasteiger partial charge in [0.05, 0.1) is 0 Å². The van der Waals surface area contributed by atoms with Crippen LogP contribution in [0.1, 0.15) is 51.0 Å². The largest absolute Gasteiger partial charge is 0.353 e. The lowest BCUT2D eigenvalue weighted by Gasteiger charge is -2.33. The second-order valence-corrected chi connectivity index (χ2v) is 8.98. The molecule has 2 saturated carbocycles. The Kier molecular flexibility index (Phi) is 5.84. The molecule has 0 spiro atoms. The van der Waals surface area contributed by atoms with Crippen LogP contribution in [-0.4, -0.2) is 35.8 Å². The summed E-state index contributed by atoms with van der Waals surface area (Å²) < 4.78 is 0. The maximum absolute atomic E-state index is 12.7. The molecule has 1 aliphatic heterocycles. The smallest absolute Gasteiger partial charge is 0.246 e. The van der Waals surface area contributed by atoms with Crippen molar-refractivity contribution in [3.05, 3.63) is 42.0 Å². The lowest BCUT2D eigenvalue weighted by atomic mass is 9.83. The van der Waals surface area contributed by atoms with Crippen LogP contribution in [0.4, 0.5) is 0 Å². The van der Waals surface area contributed by atoms with Crippen LogP contribution >= 0.6 is 0 Å². The molecule has 2 bridgehead atoms. The molecule has 1 aromatic rings. The molecule has 3 aliphatic rings. The highest BCUT2D eigenvalue weighted by Gasteiger charge is 2.42. The Balaban J connectivity index is 1.23. The zero-order valence-corrected chi connectivity index (χ0v) is 16.8. The quantitative estimate of drug-likeness (QED) is 0.788. The maximum Gasteiger partial charge on any atom is 0.246 e. The molecule has 1 aromatic carbocycles. The zero-order chi connectivity index (χ0) is 19.5. The van der Waals surface area contributed by atoms with Crippen molar-refractivity contribution in [1.82, 2.24) is 10.2 Å². The van der Waals surface area contributed by atoms with Crippen LogP contribution in [0.2, 0.25) is 0 Å². The number of nitrogens with one attached hydrogen (secondary N) is 1. The number of carbonyl (C=O) groups excluding carboxylic acids is 2. The summed E-state index contributed by atoms with van der Waals surface area (Å²) in [7, 11) is 0. The van der Waals surface area contributed by atoms with Crippen LogP contribution < -0.4 is 5.32 Å². The molecular formula is C24H32N2O2. The molecule has 0 radical (unpaired) electrons. The second kappa shape index (κ2) is 8.50. The van der Waals surface area contributed by atoms with Gasteiger partial charge >= 0.3 is 0 Å². The number of hydrogen-bond donors (Lipinski definition) is 1. The van der Waals surface area contributed by atoms with Crippen LogP contribution in [0.5, 0.6) is 0 Å². The molecule has 150 valence electrons. The van der Waals surface area contributed by atoms with Gasteiger partial charge in [0.2, 0.25) is 11.8 Å². The normalized spacial score (nSPS) is 28.6. The maximum atomic E-state index is 12.7. The van der Waals surface area contributed by atoms with Gasteiger partial charge in [0.15, 0.2) is 0 Å². The van der Waals surface area contributed by atoms with Gasteiger partial charge in [-0.2, -0.15) is 0 Å². The summed E-state index contributed by atoms with van der Waals surface area (Å²) >= 11 is 0. The Morgan fingerprint density at radius 3 is 2.46 bits per heavy atom. The molecule has 3 fully saturated rings. The minimum absolute atomic E-state index is 0.0399. The predicted octanol–water partition coefficient (Wildman–Crippen LogP) is 3.88. The van der Waals surface area contributed by atoms with Gasteiger partial charge in [-0.3, -0.25) is 9.59 Å². The standard InChI is InChI=1S/C24H32N2O2/c1-17(22-16-19-7-9-21(22)15-19)25-24(28)20-11-13-26(14-12-20)23(27)10-8-18-5-3-2-4-6-18/h2-6,8,10,17,19-22H,7,9,11-16H2,1H3,(H,25,28)/b10-8+. The second-order valence-electron chi connectivity index (χ2n) is 8.98. The van der Waals surface area contributed by atoms with Crippen molar-refractivity contribution in [3.63, 3.8) is 0 Å². The number of rotatable bonds is 5. The SMILES string of the molecule is CC(NC(=O)C1CCN(C(=O)/C=C/c2ccccc2)CC1)C1CC2CCC1C2. The van der Waals surface area contributed by atoms with Crippen LogP contribution in [0.3, 0.4) is 0 Å². The van der Waals surface area contributed by atoms with Crippen molar-refractivity contribution in [2.75, 3.05) is 13.1 Å². The van der Waals surface area contributed by atoms with E-state index in [2.05, 4.69) is 12.2 Å². The molecule has 4 atom stereocenters. The van der Waals surface area contributed by atoms with E-state index in [0.29, 0.717) is 19.0 Å². The fourth-order valence-corrected chi connectivity index (χ4v) is 5.55. The zero-order valence-electron chi connectivity index (χ0n) is 16.8. The highest BCUT2D eigenvalue weighted by Crippen LogP contribution is 2.49. The number of piperidine rings is 1. The Bertz CT molecular complexity index is 721. The molecule has 1 saturated heterocycles. The van der Waals surface area contributed by atoms with Gasteiger partial charge in [-0.05, 0) is 68.4 Å². The van der Waals surface area contributed by atoms with E-state index in [-0.39, 0.29) is 23.8 Å². The number of carbonyl (C=O) groups is 2. The predicted molar refractivity (Wildman–Crippen MR) is 111 cm³/mol. The lowest BCUT2D eigenvalue weighted by Crippen LogP contribution is -2.46. The highest BCUT2D eigenvalue weighted by molar-refractivity contribution is 5.92. The van der Waals surface area contributed by atoms with E-state index in [1.807, 2.05) is 41.3 Å². The summed E-state index contributed by atoms with van der Waals surface area (Å²) in [4.78, 5) is 27.0. The third kappa shape index (κ3) is 4.31. The van der Waals surface area contributed by atoms with E-state index in [9.17, 15) is 9.59 Å². The van der Waals surface area contributed by atoms with Gasteiger partial charge < -0.3 is 10.2 Å². The van der Waals surface area contributed by atoms with E-state index in [1.165, 1.54) is 25.7 Å². The van der Waals surface area contributed by atoms with Crippen molar-refractivity contribution >= 4 is 17.9 Å². The molecule has 4 unspecified atom stereocenters. The molecule has 4 nitrogen and oxygen atoms in total. The molecule has 4 rings (SSSR count). The molecule has 2 aliphatic carbocycles. The van der Waals surface area contributed by atoms with Gasteiger partial charge in [0.25, 0.3) is 0 Å². The van der Waals surface area contributed by atoms with E-state index in [0.717, 1.165) is 30.2 Å². The summed E-state index contributed by atoms with van der Waals surface area (Å²) in [5.74, 6) is 2.69. The van der Waals surface area contributed by atoms with Crippen molar-refractivity contribution in [2.45, 2.75) is 51.5 Å². The summed E-state index contributed by atoms with van der Waals surface area (Å²) in [6.45, 7) is 3.52. The van der Waals surface area contributed by atoms with E-state index < -0.39 is 0 Å². The number of likely N-dealkylation sites (tertiary alicyclic amines) is 1. The van der Waals surface area contributed by atoms with Gasteiger partial charge in [-0.1, -0.05) is 36.8 Å². The van der Waals surface area contributed by atoms with Gasteiger partial charge in [0.1, 0.15) is 0 Å². The van der Waals surface area contributed by atoms with Crippen LogP contribution in [-0.2, 0) is 9.59 Å². The topological polar surface area (TPSA) is 49.4 Å². The number of benzene rings is 1. The highest BCUT2D eigenvalue weighted by atomic mass is 16.2. The minimum atomic E-state index is 0.0399. The minimum Gasteiger partial charge on any atom is -0.353 e. The molecule has 1 N–H and O–H groups in total. The van der Waals surface area contributed by atoms with Crippen LogP contribution in [0.25, 0.3) is 6.08 Å². The summed E-state index contributed by atoms with van der Waals surface area (Å²) in [6.07, 6.45) is 10.5. The number of nitrogens with zero attached hydrogens (tertiary/aromatic N) is 1. The Hall–Kier alpha value is -2.10. The van der Waals surface area contributed by atoms with Crippen molar-refractivity contribution < 1.29 is 9.59 Å². The number of hydrogen-bond acceptors (Lipinski definition) is 2. The monoisotopic (exact) mass is 380 g/mol. The van der Waals surface area contributed by atoms with Gasteiger partial charge in [-0.25, -0.2) is 0 Å². The summed E-state index contributed by atoms with van der Waals surface area (Å²) in [5.41, 5.74) is 1.03. The molecular weight excluding hydrogens is 348 g/mol. The first kappa shape index (κ1) is 19.2. The van der Waals surface area contributed by atoms with E-state index in [4.69, 9.17) is 0 Å². The molecule has 4 heteroatoms. The first-order chi connectivity index (χ1) is 13.6. The summed E-state index contributed by atoms with van der Waals surface area (Å²) in [6, 6.07) is 10.1. The molecule has 1 heterocycles. The Morgan fingerprint density at radius 2 is 1.82 bits per heavy atom. The summed E-state index contributed by atoms with van der Waals surface area (Å²) in [5, 5.41) is 3.31. The average Bonchev–Trinajstić information content (AvgIpc) is 3.36. The lowest BCUT2D eigenvalue weighted by molar-refractivity contribution is -0.132. The molecule has 28 heavy (non-hydrogen) atoms. The Morgan fingerprint density at radius 1 is 1.07 bits per heavy atom. The molecule has 0 aromatic heterocycles. The van der Waals surface area contributed by atoms with E-state index in [1.54, 1.807) is 6.08 Å². The van der Waals surface area contributed by atoms with Crippen molar-refractivity contribution in [1.29, 1.82) is 0 Å². The fraction of sp³-hybridized carbons (Fsp3) is 0.583. The van der Waals surface area contributed by atoms with Crippen molar-refractivity contribution in [3.8, 4) is 0 Å². The first-order valence-electron chi connectivity index (χ1n) is 10.9. The third-order valence-electron chi connectivity index (χ3n) is 7.20. The molecule has 2 amide bonds. The first-order valence-corrected chi connectivity index (χ1v) is 10.9.